The second-order valence-corrected chi connectivity index (χ2v) is 8.10. The number of fused-ring (bicyclic) bond motifs is 1. The van der Waals surface area contributed by atoms with Crippen molar-refractivity contribution in [1.82, 2.24) is 14.7 Å². The van der Waals surface area contributed by atoms with Crippen LogP contribution in [0.5, 0.6) is 0 Å². The number of carbonyl (C=O) groups excluding carboxylic acids is 1. The lowest BCUT2D eigenvalue weighted by molar-refractivity contribution is -0.132. The molecule has 6 heteroatoms. The molecule has 0 aromatic carbocycles. The molecule has 1 fully saturated rings. The van der Waals surface area contributed by atoms with Gasteiger partial charge in [-0.25, -0.2) is 0 Å². The molecule has 2 aliphatic rings. The Morgan fingerprint density at radius 3 is 3.04 bits per heavy atom. The SMILES string of the molecule is CCOC[C@H]1CN(C(=O)Cc2cccs2)Cc2cnn(CC3CC3)c21. The minimum Gasteiger partial charge on any atom is -0.381 e. The van der Waals surface area contributed by atoms with Gasteiger partial charge >= 0.3 is 0 Å². The van der Waals surface area contributed by atoms with Crippen molar-refractivity contribution in [3.63, 3.8) is 0 Å². The molecule has 3 heterocycles. The maximum absolute atomic E-state index is 12.8. The lowest BCUT2D eigenvalue weighted by Crippen LogP contribution is -2.40. The molecule has 0 spiro atoms. The summed E-state index contributed by atoms with van der Waals surface area (Å²) in [5, 5.41) is 6.66. The van der Waals surface area contributed by atoms with E-state index in [1.807, 2.05) is 35.5 Å². The van der Waals surface area contributed by atoms with Gasteiger partial charge in [-0.05, 0) is 37.1 Å². The minimum absolute atomic E-state index is 0.199. The van der Waals surface area contributed by atoms with Crippen LogP contribution in [0.1, 0.15) is 41.8 Å². The van der Waals surface area contributed by atoms with Crippen molar-refractivity contribution in [3.05, 3.63) is 39.8 Å². The monoisotopic (exact) mass is 359 g/mol. The van der Waals surface area contributed by atoms with E-state index in [2.05, 4.69) is 9.78 Å². The first-order valence-electron chi connectivity index (χ1n) is 9.17. The van der Waals surface area contributed by atoms with Gasteiger partial charge in [0.25, 0.3) is 0 Å². The first kappa shape index (κ1) is 16.8. The molecule has 0 unspecified atom stereocenters. The molecule has 1 saturated carbocycles. The van der Waals surface area contributed by atoms with Crippen molar-refractivity contribution in [1.29, 1.82) is 0 Å². The Labute approximate surface area is 152 Å². The van der Waals surface area contributed by atoms with Gasteiger partial charge < -0.3 is 9.64 Å². The minimum atomic E-state index is 0.199. The summed E-state index contributed by atoms with van der Waals surface area (Å²) in [4.78, 5) is 15.9. The number of ether oxygens (including phenoxy) is 1. The molecule has 0 radical (unpaired) electrons. The van der Waals surface area contributed by atoms with E-state index in [0.29, 0.717) is 26.2 Å². The van der Waals surface area contributed by atoms with E-state index in [1.165, 1.54) is 24.1 Å². The lowest BCUT2D eigenvalue weighted by atomic mass is 9.96. The van der Waals surface area contributed by atoms with Gasteiger partial charge in [-0.3, -0.25) is 9.48 Å². The Kier molecular flexibility index (Phi) is 4.90. The summed E-state index contributed by atoms with van der Waals surface area (Å²) < 4.78 is 7.91. The topological polar surface area (TPSA) is 47.4 Å². The van der Waals surface area contributed by atoms with Crippen LogP contribution in [0.3, 0.4) is 0 Å². The average molecular weight is 359 g/mol. The maximum Gasteiger partial charge on any atom is 0.228 e. The highest BCUT2D eigenvalue weighted by Gasteiger charge is 2.33. The van der Waals surface area contributed by atoms with Crippen molar-refractivity contribution < 1.29 is 9.53 Å². The van der Waals surface area contributed by atoms with Gasteiger partial charge in [0, 0.05) is 42.6 Å². The van der Waals surface area contributed by atoms with Crippen molar-refractivity contribution in [2.75, 3.05) is 19.8 Å². The summed E-state index contributed by atoms with van der Waals surface area (Å²) in [6.45, 7) is 5.79. The summed E-state index contributed by atoms with van der Waals surface area (Å²) in [6, 6.07) is 4.03. The second kappa shape index (κ2) is 7.30. The van der Waals surface area contributed by atoms with Gasteiger partial charge in [0.15, 0.2) is 0 Å². The van der Waals surface area contributed by atoms with Gasteiger partial charge in [0.05, 0.1) is 24.9 Å². The van der Waals surface area contributed by atoms with Crippen LogP contribution in [0.2, 0.25) is 0 Å². The normalized spacial score (nSPS) is 19.9. The molecule has 2 aromatic rings. The van der Waals surface area contributed by atoms with Gasteiger partial charge in [-0.2, -0.15) is 5.10 Å². The van der Waals surface area contributed by atoms with Crippen LogP contribution in [-0.2, 0) is 29.0 Å². The van der Waals surface area contributed by atoms with Crippen molar-refractivity contribution >= 4 is 17.2 Å². The van der Waals surface area contributed by atoms with Crippen LogP contribution in [0.15, 0.2) is 23.7 Å². The van der Waals surface area contributed by atoms with E-state index in [9.17, 15) is 4.79 Å². The highest BCUT2D eigenvalue weighted by Crippen LogP contribution is 2.34. The number of aromatic nitrogens is 2. The number of carbonyl (C=O) groups is 1. The van der Waals surface area contributed by atoms with E-state index in [1.54, 1.807) is 11.3 Å². The molecule has 1 aliphatic heterocycles. The molecule has 0 saturated heterocycles. The quantitative estimate of drug-likeness (QED) is 0.763. The van der Waals surface area contributed by atoms with Crippen molar-refractivity contribution in [2.24, 2.45) is 5.92 Å². The molecule has 2 aromatic heterocycles. The first-order chi connectivity index (χ1) is 12.2. The van der Waals surface area contributed by atoms with E-state index in [-0.39, 0.29) is 11.8 Å². The van der Waals surface area contributed by atoms with Crippen LogP contribution in [0.4, 0.5) is 0 Å². The Hall–Kier alpha value is -1.66. The summed E-state index contributed by atoms with van der Waals surface area (Å²) in [5.41, 5.74) is 2.48. The third kappa shape index (κ3) is 3.80. The predicted octanol–water partition coefficient (Wildman–Crippen LogP) is 3.06. The Morgan fingerprint density at radius 2 is 2.32 bits per heavy atom. The number of rotatable bonds is 7. The van der Waals surface area contributed by atoms with E-state index in [0.717, 1.165) is 23.9 Å². The van der Waals surface area contributed by atoms with Gasteiger partial charge in [-0.15, -0.1) is 11.3 Å². The molecule has 25 heavy (non-hydrogen) atoms. The molecule has 5 nitrogen and oxygen atoms in total. The van der Waals surface area contributed by atoms with E-state index in [4.69, 9.17) is 4.74 Å². The fourth-order valence-electron chi connectivity index (χ4n) is 3.60. The highest BCUT2D eigenvalue weighted by molar-refractivity contribution is 7.10. The lowest BCUT2D eigenvalue weighted by Gasteiger charge is -2.33. The second-order valence-electron chi connectivity index (χ2n) is 7.07. The zero-order chi connectivity index (χ0) is 17.2. The predicted molar refractivity (Wildman–Crippen MR) is 97.6 cm³/mol. The summed E-state index contributed by atoms with van der Waals surface area (Å²) in [5.74, 6) is 1.21. The number of amides is 1. The Morgan fingerprint density at radius 1 is 1.44 bits per heavy atom. The standard InChI is InChI=1S/C19H25N3O2S/c1-2-24-13-16-12-21(18(23)8-17-4-3-7-25-17)11-15-9-20-22(19(15)16)10-14-5-6-14/h3-4,7,9,14,16H,2,5-6,8,10-13H2,1H3/t16-/m1/s1. The van der Waals surface area contributed by atoms with Crippen LogP contribution < -0.4 is 0 Å². The molecular formula is C19H25N3O2S. The van der Waals surface area contributed by atoms with E-state index < -0.39 is 0 Å². The van der Waals surface area contributed by atoms with Crippen LogP contribution in [-0.4, -0.2) is 40.3 Å². The zero-order valence-corrected chi connectivity index (χ0v) is 15.5. The van der Waals surface area contributed by atoms with Crippen LogP contribution in [0.25, 0.3) is 0 Å². The number of hydrogen-bond donors (Lipinski definition) is 0. The molecule has 0 N–H and O–H groups in total. The number of thiophene rings is 1. The first-order valence-corrected chi connectivity index (χ1v) is 10.0. The van der Waals surface area contributed by atoms with E-state index >= 15 is 0 Å². The molecule has 1 amide bonds. The van der Waals surface area contributed by atoms with Crippen LogP contribution in [0, 0.1) is 5.92 Å². The largest absolute Gasteiger partial charge is 0.381 e. The molecule has 4 rings (SSSR count). The summed E-state index contributed by atoms with van der Waals surface area (Å²) in [6.07, 6.45) is 5.08. The van der Waals surface area contributed by atoms with Gasteiger partial charge in [-0.1, -0.05) is 6.07 Å². The zero-order valence-electron chi connectivity index (χ0n) is 14.7. The Bertz CT molecular complexity index is 721. The van der Waals surface area contributed by atoms with Crippen molar-refractivity contribution in [3.8, 4) is 0 Å². The smallest absolute Gasteiger partial charge is 0.228 e. The average Bonchev–Trinajstić information content (AvgIpc) is 3.11. The molecule has 1 aliphatic carbocycles. The molecule has 1 atom stereocenters. The Balaban J connectivity index is 1.52. The number of nitrogens with zero attached hydrogens (tertiary/aromatic N) is 3. The van der Waals surface area contributed by atoms with Crippen molar-refractivity contribution in [2.45, 2.75) is 45.2 Å². The molecule has 134 valence electrons. The third-order valence-electron chi connectivity index (χ3n) is 5.06. The van der Waals surface area contributed by atoms with Crippen LogP contribution >= 0.6 is 11.3 Å². The highest BCUT2D eigenvalue weighted by atomic mass is 32.1. The fraction of sp³-hybridized carbons (Fsp3) is 0.579. The number of hydrogen-bond acceptors (Lipinski definition) is 4. The molecular weight excluding hydrogens is 334 g/mol. The summed E-state index contributed by atoms with van der Waals surface area (Å²) >= 11 is 1.64. The maximum atomic E-state index is 12.8. The molecule has 0 bridgehead atoms. The fourth-order valence-corrected chi connectivity index (χ4v) is 4.29. The summed E-state index contributed by atoms with van der Waals surface area (Å²) in [7, 11) is 0. The van der Waals surface area contributed by atoms with Gasteiger partial charge in [0.1, 0.15) is 0 Å². The third-order valence-corrected chi connectivity index (χ3v) is 5.93. The van der Waals surface area contributed by atoms with Gasteiger partial charge in [0.2, 0.25) is 5.91 Å².